The average Bonchev–Trinajstić information content (AvgIpc) is 2.42. The van der Waals surface area contributed by atoms with Crippen molar-refractivity contribution in [1.29, 1.82) is 0 Å². The molecule has 0 aliphatic heterocycles. The zero-order chi connectivity index (χ0) is 13.9. The second kappa shape index (κ2) is 6.15. The topological polar surface area (TPSA) is 29.5 Å². The minimum Gasteiger partial charge on any atom is -0.495 e. The number of methoxy groups -OCH3 is 1. The van der Waals surface area contributed by atoms with E-state index in [4.69, 9.17) is 16.3 Å². The Kier molecular flexibility index (Phi) is 4.75. The zero-order valence-corrected chi connectivity index (χ0v) is 12.5. The fraction of sp³-hybridized carbons (Fsp3) is 0.625. The highest BCUT2D eigenvalue weighted by Gasteiger charge is 2.34. The van der Waals surface area contributed by atoms with Crippen LogP contribution in [0, 0.1) is 5.92 Å². The van der Waals surface area contributed by atoms with E-state index in [1.54, 1.807) is 7.11 Å². The van der Waals surface area contributed by atoms with Crippen LogP contribution in [0.3, 0.4) is 0 Å². The van der Waals surface area contributed by atoms with E-state index in [9.17, 15) is 5.11 Å². The van der Waals surface area contributed by atoms with Crippen LogP contribution >= 0.6 is 11.6 Å². The highest BCUT2D eigenvalue weighted by atomic mass is 35.5. The Labute approximate surface area is 120 Å². The molecule has 1 N–H and O–H groups in total. The van der Waals surface area contributed by atoms with E-state index >= 15 is 0 Å². The van der Waals surface area contributed by atoms with Gasteiger partial charge in [-0.25, -0.2) is 0 Å². The largest absolute Gasteiger partial charge is 0.495 e. The normalized spacial score (nSPS) is 27.3. The lowest BCUT2D eigenvalue weighted by molar-refractivity contribution is -0.0153. The average molecular weight is 283 g/mol. The maximum absolute atomic E-state index is 10.8. The Morgan fingerprint density at radius 2 is 2.05 bits per heavy atom. The fourth-order valence-electron chi connectivity index (χ4n) is 3.09. The van der Waals surface area contributed by atoms with Crippen LogP contribution in [0.15, 0.2) is 18.2 Å². The maximum atomic E-state index is 10.8. The summed E-state index contributed by atoms with van der Waals surface area (Å²) in [5.74, 6) is 1.42. The molecule has 1 aliphatic carbocycles. The van der Waals surface area contributed by atoms with E-state index < -0.39 is 5.60 Å². The number of hydrogen-bond donors (Lipinski definition) is 1. The van der Waals surface area contributed by atoms with E-state index in [-0.39, 0.29) is 0 Å². The third-order valence-electron chi connectivity index (χ3n) is 4.32. The van der Waals surface area contributed by atoms with Gasteiger partial charge in [0.1, 0.15) is 5.75 Å². The van der Waals surface area contributed by atoms with Crippen LogP contribution in [-0.2, 0) is 5.60 Å². The SMILES string of the molecule is CCCC1CCC(O)(c2ccc(Cl)c(OC)c2)CC1. The number of ether oxygens (including phenoxy) is 1. The summed E-state index contributed by atoms with van der Waals surface area (Å²) >= 11 is 6.04. The van der Waals surface area contributed by atoms with Crippen molar-refractivity contribution >= 4 is 11.6 Å². The molecule has 1 saturated carbocycles. The van der Waals surface area contributed by atoms with Crippen LogP contribution in [0.1, 0.15) is 51.0 Å². The van der Waals surface area contributed by atoms with E-state index in [0.717, 1.165) is 37.2 Å². The van der Waals surface area contributed by atoms with Gasteiger partial charge < -0.3 is 9.84 Å². The van der Waals surface area contributed by atoms with Crippen molar-refractivity contribution in [3.63, 3.8) is 0 Å². The van der Waals surface area contributed by atoms with Gasteiger partial charge in [0.25, 0.3) is 0 Å². The molecule has 0 amide bonds. The van der Waals surface area contributed by atoms with Gasteiger partial charge in [0.05, 0.1) is 17.7 Å². The van der Waals surface area contributed by atoms with Crippen LogP contribution in [0.25, 0.3) is 0 Å². The summed E-state index contributed by atoms with van der Waals surface area (Å²) < 4.78 is 5.24. The lowest BCUT2D eigenvalue weighted by Gasteiger charge is -2.36. The second-order valence-electron chi connectivity index (χ2n) is 5.61. The lowest BCUT2D eigenvalue weighted by Crippen LogP contribution is -2.31. The van der Waals surface area contributed by atoms with Gasteiger partial charge in [-0.2, -0.15) is 0 Å². The Bertz CT molecular complexity index is 423. The van der Waals surface area contributed by atoms with Gasteiger partial charge in [0.2, 0.25) is 0 Å². The number of hydrogen-bond acceptors (Lipinski definition) is 2. The van der Waals surface area contributed by atoms with Crippen molar-refractivity contribution in [3.05, 3.63) is 28.8 Å². The summed E-state index contributed by atoms with van der Waals surface area (Å²) in [5, 5.41) is 11.4. The fourth-order valence-corrected chi connectivity index (χ4v) is 3.28. The Balaban J connectivity index is 2.13. The molecule has 3 heteroatoms. The molecular weight excluding hydrogens is 260 g/mol. The number of aliphatic hydroxyl groups is 1. The van der Waals surface area contributed by atoms with E-state index in [1.807, 2.05) is 18.2 Å². The standard InChI is InChI=1S/C16H23ClO2/c1-3-4-12-7-9-16(18,10-8-12)13-5-6-14(17)15(11-13)19-2/h5-6,11-12,18H,3-4,7-10H2,1-2H3. The lowest BCUT2D eigenvalue weighted by atomic mass is 9.74. The third-order valence-corrected chi connectivity index (χ3v) is 4.63. The molecule has 0 bridgehead atoms. The van der Waals surface area contributed by atoms with Gasteiger partial charge in [-0.05, 0) is 49.3 Å². The third kappa shape index (κ3) is 3.24. The zero-order valence-electron chi connectivity index (χ0n) is 11.8. The molecule has 1 aromatic rings. The Morgan fingerprint density at radius 3 is 2.63 bits per heavy atom. The molecule has 2 rings (SSSR count). The number of halogens is 1. The van der Waals surface area contributed by atoms with Crippen molar-refractivity contribution in [1.82, 2.24) is 0 Å². The minimum absolute atomic E-state index is 0.592. The molecule has 1 fully saturated rings. The molecule has 2 nitrogen and oxygen atoms in total. The van der Waals surface area contributed by atoms with Gasteiger partial charge >= 0.3 is 0 Å². The number of benzene rings is 1. The smallest absolute Gasteiger partial charge is 0.137 e. The molecule has 0 spiro atoms. The highest BCUT2D eigenvalue weighted by Crippen LogP contribution is 2.42. The molecule has 0 unspecified atom stereocenters. The van der Waals surface area contributed by atoms with E-state index in [2.05, 4.69) is 6.92 Å². The maximum Gasteiger partial charge on any atom is 0.137 e. The van der Waals surface area contributed by atoms with Crippen molar-refractivity contribution < 1.29 is 9.84 Å². The summed E-state index contributed by atoms with van der Waals surface area (Å²) in [7, 11) is 1.60. The van der Waals surface area contributed by atoms with E-state index in [1.165, 1.54) is 12.8 Å². The van der Waals surface area contributed by atoms with Crippen LogP contribution in [-0.4, -0.2) is 12.2 Å². The highest BCUT2D eigenvalue weighted by molar-refractivity contribution is 6.32. The summed E-state index contributed by atoms with van der Waals surface area (Å²) in [6.45, 7) is 2.23. The molecule has 1 aromatic carbocycles. The molecule has 19 heavy (non-hydrogen) atoms. The first-order chi connectivity index (χ1) is 9.09. The first-order valence-corrected chi connectivity index (χ1v) is 7.53. The first-order valence-electron chi connectivity index (χ1n) is 7.15. The monoisotopic (exact) mass is 282 g/mol. The molecule has 0 atom stereocenters. The summed E-state index contributed by atoms with van der Waals surface area (Å²) in [5.41, 5.74) is 0.228. The van der Waals surface area contributed by atoms with Gasteiger partial charge in [-0.15, -0.1) is 0 Å². The molecule has 0 radical (unpaired) electrons. The van der Waals surface area contributed by atoms with Crippen molar-refractivity contribution in [2.24, 2.45) is 5.92 Å². The van der Waals surface area contributed by atoms with Crippen molar-refractivity contribution in [2.75, 3.05) is 7.11 Å². The van der Waals surface area contributed by atoms with Gasteiger partial charge in [0, 0.05) is 0 Å². The van der Waals surface area contributed by atoms with Crippen LogP contribution in [0.2, 0.25) is 5.02 Å². The summed E-state index contributed by atoms with van der Waals surface area (Å²) in [4.78, 5) is 0. The first kappa shape index (κ1) is 14.7. The molecule has 0 saturated heterocycles. The molecule has 0 heterocycles. The van der Waals surface area contributed by atoms with Crippen molar-refractivity contribution in [2.45, 2.75) is 51.0 Å². The van der Waals surface area contributed by atoms with Gasteiger partial charge in [-0.1, -0.05) is 37.4 Å². The quantitative estimate of drug-likeness (QED) is 0.879. The van der Waals surface area contributed by atoms with Gasteiger partial charge in [0.15, 0.2) is 0 Å². The number of rotatable bonds is 4. The molecule has 0 aromatic heterocycles. The minimum atomic E-state index is -0.706. The van der Waals surface area contributed by atoms with Crippen LogP contribution in [0.5, 0.6) is 5.75 Å². The second-order valence-corrected chi connectivity index (χ2v) is 6.02. The Hall–Kier alpha value is -0.730. The molecular formula is C16H23ClO2. The Morgan fingerprint density at radius 1 is 1.37 bits per heavy atom. The summed E-state index contributed by atoms with van der Waals surface area (Å²) in [6.07, 6.45) is 6.40. The predicted octanol–water partition coefficient (Wildman–Crippen LogP) is 4.53. The van der Waals surface area contributed by atoms with E-state index in [0.29, 0.717) is 10.8 Å². The molecule has 1 aliphatic rings. The molecule has 106 valence electrons. The summed E-state index contributed by atoms with van der Waals surface area (Å²) in [6, 6.07) is 5.61. The van der Waals surface area contributed by atoms with Crippen LogP contribution in [0.4, 0.5) is 0 Å². The van der Waals surface area contributed by atoms with Gasteiger partial charge in [-0.3, -0.25) is 0 Å². The van der Waals surface area contributed by atoms with Crippen LogP contribution < -0.4 is 4.74 Å². The van der Waals surface area contributed by atoms with Crippen molar-refractivity contribution in [3.8, 4) is 5.75 Å². The predicted molar refractivity (Wildman–Crippen MR) is 78.8 cm³/mol.